The van der Waals surface area contributed by atoms with Gasteiger partial charge in [0.05, 0.1) is 0 Å². The number of benzene rings is 2. The molecule has 3 rings (SSSR count). The van der Waals surface area contributed by atoms with Crippen molar-refractivity contribution in [2.24, 2.45) is 0 Å². The van der Waals surface area contributed by atoms with Crippen LogP contribution < -0.4 is 4.90 Å². The SMILES string of the molecule is CN(C)CCN1C(=O)C[C@@H](c2ccccc2)Cc2ccccc21. The summed E-state index contributed by atoms with van der Waals surface area (Å²) in [4.78, 5) is 17.0. The van der Waals surface area contributed by atoms with Crippen LogP contribution in [-0.2, 0) is 11.2 Å². The summed E-state index contributed by atoms with van der Waals surface area (Å²) in [5, 5.41) is 0. The highest BCUT2D eigenvalue weighted by Crippen LogP contribution is 2.34. The third kappa shape index (κ3) is 3.62. The summed E-state index contributed by atoms with van der Waals surface area (Å²) >= 11 is 0. The third-order valence-corrected chi connectivity index (χ3v) is 4.51. The Morgan fingerprint density at radius 3 is 2.43 bits per heavy atom. The zero-order valence-electron chi connectivity index (χ0n) is 13.9. The van der Waals surface area contributed by atoms with Gasteiger partial charge >= 0.3 is 0 Å². The van der Waals surface area contributed by atoms with Crippen molar-refractivity contribution in [3.05, 3.63) is 65.7 Å². The molecule has 1 aliphatic heterocycles. The molecular formula is C20H24N2O. The predicted molar refractivity (Wildman–Crippen MR) is 94.9 cm³/mol. The van der Waals surface area contributed by atoms with Gasteiger partial charge in [-0.2, -0.15) is 0 Å². The van der Waals surface area contributed by atoms with Crippen molar-refractivity contribution < 1.29 is 4.79 Å². The Hall–Kier alpha value is -2.13. The monoisotopic (exact) mass is 308 g/mol. The van der Waals surface area contributed by atoms with Crippen molar-refractivity contribution in [3.63, 3.8) is 0 Å². The first kappa shape index (κ1) is 15.8. The number of hydrogen-bond donors (Lipinski definition) is 0. The van der Waals surface area contributed by atoms with Gasteiger partial charge in [0, 0.05) is 25.2 Å². The summed E-state index contributed by atoms with van der Waals surface area (Å²) in [6.45, 7) is 1.61. The Labute approximate surface area is 138 Å². The van der Waals surface area contributed by atoms with E-state index in [-0.39, 0.29) is 11.8 Å². The molecule has 1 aliphatic rings. The van der Waals surface area contributed by atoms with E-state index in [4.69, 9.17) is 0 Å². The molecule has 0 spiro atoms. The Bertz CT molecular complexity index is 666. The van der Waals surface area contributed by atoms with Crippen LogP contribution >= 0.6 is 0 Å². The van der Waals surface area contributed by atoms with E-state index in [1.54, 1.807) is 0 Å². The molecule has 0 fully saturated rings. The quantitative estimate of drug-likeness (QED) is 0.865. The number of hydrogen-bond acceptors (Lipinski definition) is 2. The van der Waals surface area contributed by atoms with Gasteiger partial charge in [0.2, 0.25) is 5.91 Å². The Morgan fingerprint density at radius 2 is 1.70 bits per heavy atom. The van der Waals surface area contributed by atoms with Crippen LogP contribution in [0.5, 0.6) is 0 Å². The predicted octanol–water partition coefficient (Wildman–Crippen LogP) is 3.31. The number of nitrogens with zero attached hydrogens (tertiary/aromatic N) is 2. The minimum Gasteiger partial charge on any atom is -0.311 e. The van der Waals surface area contributed by atoms with Gasteiger partial charge in [0.25, 0.3) is 0 Å². The van der Waals surface area contributed by atoms with Crippen molar-refractivity contribution >= 4 is 11.6 Å². The first-order valence-corrected chi connectivity index (χ1v) is 8.23. The molecule has 0 unspecified atom stereocenters. The van der Waals surface area contributed by atoms with Crippen LogP contribution in [0.1, 0.15) is 23.5 Å². The highest BCUT2D eigenvalue weighted by molar-refractivity contribution is 5.95. The first-order chi connectivity index (χ1) is 11.1. The first-order valence-electron chi connectivity index (χ1n) is 8.23. The topological polar surface area (TPSA) is 23.6 Å². The van der Waals surface area contributed by atoms with Gasteiger partial charge in [0.1, 0.15) is 0 Å². The molecule has 120 valence electrons. The fraction of sp³-hybridized carbons (Fsp3) is 0.350. The lowest BCUT2D eigenvalue weighted by Crippen LogP contribution is -2.36. The van der Waals surface area contributed by atoms with Gasteiger partial charge in [0.15, 0.2) is 0 Å². The molecule has 0 N–H and O–H groups in total. The molecule has 0 radical (unpaired) electrons. The molecule has 3 heteroatoms. The largest absolute Gasteiger partial charge is 0.311 e. The van der Waals surface area contributed by atoms with E-state index in [0.29, 0.717) is 6.42 Å². The van der Waals surface area contributed by atoms with E-state index in [0.717, 1.165) is 25.2 Å². The van der Waals surface area contributed by atoms with Gasteiger partial charge < -0.3 is 9.80 Å². The molecule has 1 amide bonds. The van der Waals surface area contributed by atoms with Crippen LogP contribution in [0.4, 0.5) is 5.69 Å². The van der Waals surface area contributed by atoms with Crippen LogP contribution in [-0.4, -0.2) is 38.0 Å². The summed E-state index contributed by atoms with van der Waals surface area (Å²) < 4.78 is 0. The number of para-hydroxylation sites is 1. The van der Waals surface area contributed by atoms with Crippen LogP contribution in [0.15, 0.2) is 54.6 Å². The number of amides is 1. The summed E-state index contributed by atoms with van der Waals surface area (Å²) in [6.07, 6.45) is 1.50. The highest BCUT2D eigenvalue weighted by atomic mass is 16.2. The second kappa shape index (κ2) is 6.97. The number of likely N-dealkylation sites (N-methyl/N-ethyl adjacent to an activating group) is 1. The smallest absolute Gasteiger partial charge is 0.227 e. The Kier molecular flexibility index (Phi) is 4.77. The lowest BCUT2D eigenvalue weighted by atomic mass is 9.90. The fourth-order valence-corrected chi connectivity index (χ4v) is 3.25. The summed E-state index contributed by atoms with van der Waals surface area (Å²) in [6, 6.07) is 18.7. The number of carbonyl (C=O) groups is 1. The summed E-state index contributed by atoms with van der Waals surface area (Å²) in [7, 11) is 4.09. The maximum atomic E-state index is 12.9. The normalized spacial score (nSPS) is 18.0. The Balaban J connectivity index is 1.93. The van der Waals surface area contributed by atoms with Gasteiger partial charge in [-0.1, -0.05) is 48.5 Å². The standard InChI is InChI=1S/C20H24N2O/c1-21(2)12-13-22-19-11-7-6-10-17(19)14-18(15-20(22)23)16-8-4-3-5-9-16/h3-11,18H,12-15H2,1-2H3/t18-/m0/s1. The zero-order valence-corrected chi connectivity index (χ0v) is 13.9. The molecule has 1 heterocycles. The Morgan fingerprint density at radius 1 is 1.00 bits per heavy atom. The van der Waals surface area contributed by atoms with E-state index >= 15 is 0 Å². The second-order valence-corrected chi connectivity index (χ2v) is 6.49. The van der Waals surface area contributed by atoms with Crippen LogP contribution in [0.25, 0.3) is 0 Å². The lowest BCUT2D eigenvalue weighted by molar-refractivity contribution is -0.118. The molecule has 0 saturated carbocycles. The molecule has 0 aliphatic carbocycles. The van der Waals surface area contributed by atoms with E-state index in [1.807, 2.05) is 31.1 Å². The van der Waals surface area contributed by atoms with Gasteiger partial charge in [-0.25, -0.2) is 0 Å². The molecule has 23 heavy (non-hydrogen) atoms. The van der Waals surface area contributed by atoms with Crippen molar-refractivity contribution in [2.45, 2.75) is 18.8 Å². The maximum Gasteiger partial charge on any atom is 0.227 e. The molecule has 2 aromatic carbocycles. The van der Waals surface area contributed by atoms with Crippen molar-refractivity contribution in [1.82, 2.24) is 4.90 Å². The molecule has 3 nitrogen and oxygen atoms in total. The molecule has 1 atom stereocenters. The van der Waals surface area contributed by atoms with Gasteiger partial charge in [-0.05, 0) is 43.6 Å². The number of anilines is 1. The summed E-state index contributed by atoms with van der Waals surface area (Å²) in [5.74, 6) is 0.486. The lowest BCUT2D eigenvalue weighted by Gasteiger charge is -2.24. The van der Waals surface area contributed by atoms with Crippen molar-refractivity contribution in [3.8, 4) is 0 Å². The van der Waals surface area contributed by atoms with E-state index < -0.39 is 0 Å². The molecule has 0 aromatic heterocycles. The van der Waals surface area contributed by atoms with E-state index in [9.17, 15) is 4.79 Å². The maximum absolute atomic E-state index is 12.9. The molecule has 0 saturated heterocycles. The van der Waals surface area contributed by atoms with E-state index in [1.165, 1.54) is 11.1 Å². The van der Waals surface area contributed by atoms with Crippen LogP contribution in [0.2, 0.25) is 0 Å². The van der Waals surface area contributed by atoms with E-state index in [2.05, 4.69) is 47.4 Å². The number of carbonyl (C=O) groups excluding carboxylic acids is 1. The molecular weight excluding hydrogens is 284 g/mol. The number of fused-ring (bicyclic) bond motifs is 1. The van der Waals surface area contributed by atoms with Crippen LogP contribution in [0, 0.1) is 0 Å². The fourth-order valence-electron chi connectivity index (χ4n) is 3.25. The minimum atomic E-state index is 0.227. The minimum absolute atomic E-state index is 0.227. The average Bonchev–Trinajstić information content (AvgIpc) is 2.70. The molecule has 0 bridgehead atoms. The van der Waals surface area contributed by atoms with Crippen molar-refractivity contribution in [2.75, 3.05) is 32.1 Å². The van der Waals surface area contributed by atoms with Crippen LogP contribution in [0.3, 0.4) is 0 Å². The third-order valence-electron chi connectivity index (χ3n) is 4.51. The highest BCUT2D eigenvalue weighted by Gasteiger charge is 2.28. The second-order valence-electron chi connectivity index (χ2n) is 6.49. The molecule has 2 aromatic rings. The van der Waals surface area contributed by atoms with Gasteiger partial charge in [-0.15, -0.1) is 0 Å². The average molecular weight is 308 g/mol. The number of rotatable bonds is 4. The summed E-state index contributed by atoms with van der Waals surface area (Å²) in [5.41, 5.74) is 3.61. The van der Waals surface area contributed by atoms with Crippen molar-refractivity contribution in [1.29, 1.82) is 0 Å². The van der Waals surface area contributed by atoms with Gasteiger partial charge in [-0.3, -0.25) is 4.79 Å². The zero-order chi connectivity index (χ0) is 16.2.